The van der Waals surface area contributed by atoms with Crippen LogP contribution in [0.4, 0.5) is 0 Å². The molecule has 0 aromatic carbocycles. The summed E-state index contributed by atoms with van der Waals surface area (Å²) in [6, 6.07) is 0. The first kappa shape index (κ1) is 17.2. The molecule has 0 amide bonds. The van der Waals surface area contributed by atoms with Crippen LogP contribution in [-0.2, 0) is 14.3 Å². The molecule has 2 heterocycles. The van der Waals surface area contributed by atoms with Crippen LogP contribution in [-0.4, -0.2) is 23.5 Å². The molecule has 4 nitrogen and oxygen atoms in total. The van der Waals surface area contributed by atoms with Crippen molar-refractivity contribution in [3.05, 3.63) is 0 Å². The van der Waals surface area contributed by atoms with Crippen LogP contribution >= 0.6 is 0 Å². The van der Waals surface area contributed by atoms with Gasteiger partial charge in [-0.2, -0.15) is 0 Å². The molecule has 0 unspecified atom stereocenters. The van der Waals surface area contributed by atoms with Gasteiger partial charge in [0.1, 0.15) is 5.60 Å². The number of carboxylic acids is 1. The molecule has 9 atom stereocenters. The van der Waals surface area contributed by atoms with Crippen LogP contribution in [0.2, 0.25) is 0 Å². The summed E-state index contributed by atoms with van der Waals surface area (Å²) in [5.74, 6) is 0.191. The van der Waals surface area contributed by atoms with E-state index in [2.05, 4.69) is 13.8 Å². The number of hydrogen-bond acceptors (Lipinski definition) is 4. The second-order valence-electron chi connectivity index (χ2n) is 10.6. The maximum absolute atomic E-state index is 13.8. The minimum atomic E-state index is -0.965. The van der Waals surface area contributed by atoms with Crippen LogP contribution < -0.4 is 5.11 Å². The Morgan fingerprint density at radius 2 is 1.88 bits per heavy atom. The fourth-order valence-corrected chi connectivity index (χ4v) is 8.64. The number of ether oxygens (including phenoxy) is 1. The van der Waals surface area contributed by atoms with Crippen molar-refractivity contribution >= 4 is 11.8 Å². The number of carbonyl (C=O) groups is 2. The average Bonchev–Trinajstić information content (AvgIpc) is 2.90. The number of rotatable bonds is 2. The summed E-state index contributed by atoms with van der Waals surface area (Å²) in [6.45, 7) is 6.30. The number of fused-ring (bicyclic) bond motifs is 3. The molecule has 4 aliphatic carbocycles. The summed E-state index contributed by atoms with van der Waals surface area (Å²) < 4.78 is 6.68. The molecule has 0 aromatic heterocycles. The lowest BCUT2D eigenvalue weighted by Gasteiger charge is -2.70. The van der Waals surface area contributed by atoms with Gasteiger partial charge in [-0.1, -0.05) is 20.8 Å². The Bertz CT molecular complexity index is 673. The standard InChI is InChI=1S/C22H32O4/c1-12(19(24)25)15-6-7-16-17-5-4-13-10-14-8-9-21(13,3)22(17,26-14)18(23)11-20(15,16)2/h12-17H,4-11H2,1-3H3,(H,24,25)/p-1/t12-,13+,14+,15+,16-,17+,20+,21-,22-/m0/s1. The van der Waals surface area contributed by atoms with Gasteiger partial charge in [0.25, 0.3) is 0 Å². The van der Waals surface area contributed by atoms with Crippen molar-refractivity contribution in [1.82, 2.24) is 0 Å². The molecule has 4 saturated carbocycles. The number of aliphatic carboxylic acids is 1. The predicted molar refractivity (Wildman–Crippen MR) is 93.9 cm³/mol. The van der Waals surface area contributed by atoms with E-state index in [0.717, 1.165) is 38.5 Å². The van der Waals surface area contributed by atoms with E-state index in [9.17, 15) is 14.7 Å². The molecule has 2 saturated heterocycles. The summed E-state index contributed by atoms with van der Waals surface area (Å²) in [6.07, 6.45) is 8.32. The first-order chi connectivity index (χ1) is 12.2. The molecule has 0 radical (unpaired) electrons. The predicted octanol–water partition coefficient (Wildman–Crippen LogP) is 2.73. The zero-order valence-electron chi connectivity index (χ0n) is 16.3. The molecule has 6 fully saturated rings. The van der Waals surface area contributed by atoms with Crippen molar-refractivity contribution in [1.29, 1.82) is 0 Å². The van der Waals surface area contributed by atoms with Crippen molar-refractivity contribution in [3.63, 3.8) is 0 Å². The van der Waals surface area contributed by atoms with Crippen molar-refractivity contribution in [2.45, 2.75) is 83.8 Å². The molecule has 0 N–H and O–H groups in total. The minimum Gasteiger partial charge on any atom is -0.550 e. The lowest BCUT2D eigenvalue weighted by molar-refractivity contribution is -0.317. The number of carbonyl (C=O) groups excluding carboxylic acids is 2. The number of Topliss-reactive ketones (excluding diaryl/α,β-unsaturated/α-hetero) is 1. The van der Waals surface area contributed by atoms with Crippen LogP contribution in [0.15, 0.2) is 0 Å². The Morgan fingerprint density at radius 3 is 2.62 bits per heavy atom. The third-order valence-electron chi connectivity index (χ3n) is 9.88. The molecule has 144 valence electrons. The molecule has 4 bridgehead atoms. The summed E-state index contributed by atoms with van der Waals surface area (Å²) >= 11 is 0. The number of hydrogen-bond donors (Lipinski definition) is 0. The largest absolute Gasteiger partial charge is 0.550 e. The van der Waals surface area contributed by atoms with Gasteiger partial charge in [0, 0.05) is 17.8 Å². The molecule has 1 spiro atoms. The van der Waals surface area contributed by atoms with Crippen LogP contribution in [0.5, 0.6) is 0 Å². The van der Waals surface area contributed by atoms with Crippen molar-refractivity contribution in [2.24, 2.45) is 40.4 Å². The molecule has 4 heteroatoms. The van der Waals surface area contributed by atoms with Crippen LogP contribution in [0.1, 0.15) is 72.1 Å². The average molecular weight is 359 g/mol. The van der Waals surface area contributed by atoms with Gasteiger partial charge in [-0.25, -0.2) is 0 Å². The zero-order valence-corrected chi connectivity index (χ0v) is 16.3. The second-order valence-corrected chi connectivity index (χ2v) is 10.6. The van der Waals surface area contributed by atoms with E-state index in [1.165, 1.54) is 6.42 Å². The lowest BCUT2D eigenvalue weighted by atomic mass is 9.40. The van der Waals surface area contributed by atoms with Gasteiger partial charge >= 0.3 is 0 Å². The molecule has 2 aliphatic heterocycles. The lowest BCUT2D eigenvalue weighted by Crippen LogP contribution is -2.75. The Hall–Kier alpha value is -0.900. The Labute approximate surface area is 156 Å². The smallest absolute Gasteiger partial charge is 0.166 e. The Morgan fingerprint density at radius 1 is 1.15 bits per heavy atom. The van der Waals surface area contributed by atoms with Crippen LogP contribution in [0, 0.1) is 40.4 Å². The molecule has 0 aromatic rings. The van der Waals surface area contributed by atoms with Crippen LogP contribution in [0.25, 0.3) is 0 Å². The number of carboxylic acid groups (broad SMARTS) is 1. The zero-order chi connectivity index (χ0) is 18.5. The molecule has 26 heavy (non-hydrogen) atoms. The third-order valence-corrected chi connectivity index (χ3v) is 9.88. The summed E-state index contributed by atoms with van der Waals surface area (Å²) in [5.41, 5.74) is -0.808. The van der Waals surface area contributed by atoms with Gasteiger partial charge in [-0.15, -0.1) is 0 Å². The van der Waals surface area contributed by atoms with Gasteiger partial charge in [-0.3, -0.25) is 4.79 Å². The van der Waals surface area contributed by atoms with Crippen molar-refractivity contribution < 1.29 is 19.4 Å². The van der Waals surface area contributed by atoms with Gasteiger partial charge < -0.3 is 14.6 Å². The summed E-state index contributed by atoms with van der Waals surface area (Å²) in [7, 11) is 0. The molecule has 6 rings (SSSR count). The van der Waals surface area contributed by atoms with E-state index < -0.39 is 17.5 Å². The van der Waals surface area contributed by atoms with Crippen molar-refractivity contribution in [2.75, 3.05) is 0 Å². The maximum atomic E-state index is 13.8. The minimum absolute atomic E-state index is 0.0128. The van der Waals surface area contributed by atoms with Crippen molar-refractivity contribution in [3.8, 4) is 0 Å². The highest BCUT2D eigenvalue weighted by atomic mass is 16.5. The molecular weight excluding hydrogens is 328 g/mol. The van der Waals surface area contributed by atoms with E-state index in [4.69, 9.17) is 4.74 Å². The second kappa shape index (κ2) is 5.12. The SMILES string of the molecule is C[C@H](C(=O)[O-])[C@H]1CC[C@H]2[C@H]3CC[C@@H]4C[C@H]5CC[C@]4(C)[C@@]3(O5)C(=O)C[C@]12C. The fourth-order valence-electron chi connectivity index (χ4n) is 8.64. The van der Waals surface area contributed by atoms with E-state index >= 15 is 0 Å². The van der Waals surface area contributed by atoms with Gasteiger partial charge in [0.05, 0.1) is 6.10 Å². The fraction of sp³-hybridized carbons (Fsp3) is 0.909. The monoisotopic (exact) mass is 359 g/mol. The normalized spacial score (nSPS) is 56.0. The highest BCUT2D eigenvalue weighted by Crippen LogP contribution is 2.72. The van der Waals surface area contributed by atoms with E-state index in [1.807, 2.05) is 0 Å². The summed E-state index contributed by atoms with van der Waals surface area (Å²) in [5, 5.41) is 11.6. The summed E-state index contributed by atoms with van der Waals surface area (Å²) in [4.78, 5) is 25.3. The first-order valence-electron chi connectivity index (χ1n) is 10.7. The van der Waals surface area contributed by atoms with Gasteiger partial charge in [-0.05, 0) is 80.0 Å². The van der Waals surface area contributed by atoms with E-state index in [1.54, 1.807) is 6.92 Å². The van der Waals surface area contributed by atoms with Gasteiger partial charge in [0.15, 0.2) is 5.78 Å². The highest BCUT2D eigenvalue weighted by molar-refractivity contribution is 5.91. The first-order valence-corrected chi connectivity index (χ1v) is 10.7. The quantitative estimate of drug-likeness (QED) is 0.760. The topological polar surface area (TPSA) is 66.4 Å². The molecule has 6 aliphatic rings. The van der Waals surface area contributed by atoms with Gasteiger partial charge in [0.2, 0.25) is 0 Å². The highest BCUT2D eigenvalue weighted by Gasteiger charge is 2.74. The van der Waals surface area contributed by atoms with E-state index in [-0.39, 0.29) is 34.6 Å². The Kier molecular flexibility index (Phi) is 3.39. The third kappa shape index (κ3) is 1.76. The van der Waals surface area contributed by atoms with Crippen LogP contribution in [0.3, 0.4) is 0 Å². The maximum Gasteiger partial charge on any atom is 0.166 e. The Balaban J connectivity index is 1.58. The number of ketones is 1. The molecular formula is C22H31O4-. The van der Waals surface area contributed by atoms with E-state index in [0.29, 0.717) is 18.3 Å².